The summed E-state index contributed by atoms with van der Waals surface area (Å²) in [6.45, 7) is 3.24. The van der Waals surface area contributed by atoms with Gasteiger partial charge in [-0.05, 0) is 55.1 Å². The summed E-state index contributed by atoms with van der Waals surface area (Å²) in [5, 5.41) is 5.60. The molecule has 4 N–H and O–H groups in total. The van der Waals surface area contributed by atoms with Crippen molar-refractivity contribution in [3.8, 4) is 0 Å². The number of primary amides is 1. The Balaban J connectivity index is 1.78. The van der Waals surface area contributed by atoms with Crippen molar-refractivity contribution in [2.75, 3.05) is 30.3 Å². The maximum atomic E-state index is 12.2. The van der Waals surface area contributed by atoms with Gasteiger partial charge in [0.15, 0.2) is 0 Å². The molecule has 0 unspecified atom stereocenters. The number of carbonyl (C=O) groups excluding carboxylic acids is 3. The number of halogens is 1. The molecule has 0 aromatic heterocycles. The quantitative estimate of drug-likeness (QED) is 0.550. The van der Waals surface area contributed by atoms with Crippen LogP contribution < -0.4 is 16.4 Å². The normalized spacial score (nSPS) is 10.5. The number of hydrogen-bond donors (Lipinski definition) is 3. The Morgan fingerprint density at radius 2 is 1.46 bits per heavy atom. The molecule has 0 heterocycles. The van der Waals surface area contributed by atoms with Gasteiger partial charge in [0.25, 0.3) is 0 Å². The molecule has 0 aliphatic heterocycles. The minimum absolute atomic E-state index is 0.133. The highest BCUT2D eigenvalue weighted by Gasteiger charge is 2.12. The lowest BCUT2D eigenvalue weighted by atomic mass is 10.2. The van der Waals surface area contributed by atoms with E-state index in [1.807, 2.05) is 36.1 Å². The van der Waals surface area contributed by atoms with Gasteiger partial charge in [0.1, 0.15) is 0 Å². The molecule has 0 aliphatic rings. The van der Waals surface area contributed by atoms with Crippen LogP contribution in [0.3, 0.4) is 0 Å². The topological polar surface area (TPSA) is 105 Å². The van der Waals surface area contributed by atoms with E-state index in [9.17, 15) is 14.4 Å². The first-order valence-electron chi connectivity index (χ1n) is 8.85. The smallest absolute Gasteiger partial charge is 0.248 e. The minimum Gasteiger partial charge on any atom is -0.366 e. The monoisotopic (exact) mass is 446 g/mol. The van der Waals surface area contributed by atoms with Gasteiger partial charge in [0, 0.05) is 34.4 Å². The van der Waals surface area contributed by atoms with Crippen molar-refractivity contribution >= 4 is 45.0 Å². The molecule has 0 atom stereocenters. The van der Waals surface area contributed by atoms with Crippen molar-refractivity contribution in [2.45, 2.75) is 13.3 Å². The fourth-order valence-electron chi connectivity index (χ4n) is 2.49. The molecule has 8 heteroatoms. The average Bonchev–Trinajstić information content (AvgIpc) is 2.67. The summed E-state index contributed by atoms with van der Waals surface area (Å²) in [7, 11) is 0. The second kappa shape index (κ2) is 10.6. The van der Waals surface area contributed by atoms with Crippen LogP contribution in [0.5, 0.6) is 0 Å². The van der Waals surface area contributed by atoms with Gasteiger partial charge in [-0.15, -0.1) is 0 Å². The van der Waals surface area contributed by atoms with E-state index < -0.39 is 5.91 Å². The zero-order valence-corrected chi connectivity index (χ0v) is 17.2. The molecule has 0 fully saturated rings. The zero-order chi connectivity index (χ0) is 20.5. The van der Waals surface area contributed by atoms with Crippen molar-refractivity contribution in [3.05, 3.63) is 58.6 Å². The number of rotatable bonds is 9. The molecule has 3 amide bonds. The molecule has 0 aliphatic carbocycles. The molecule has 0 spiro atoms. The Hall–Kier alpha value is -2.71. The number of amides is 3. The van der Waals surface area contributed by atoms with Crippen molar-refractivity contribution in [1.82, 2.24) is 4.90 Å². The summed E-state index contributed by atoms with van der Waals surface area (Å²) in [6, 6.07) is 13.7. The van der Waals surface area contributed by atoms with Gasteiger partial charge in [0.05, 0.1) is 6.54 Å². The average molecular weight is 447 g/mol. The molecule has 148 valence electrons. The van der Waals surface area contributed by atoms with Crippen LogP contribution in [-0.4, -0.2) is 42.3 Å². The lowest BCUT2D eigenvalue weighted by Gasteiger charge is -2.19. The Morgan fingerprint density at radius 3 is 2.00 bits per heavy atom. The maximum absolute atomic E-state index is 12.2. The van der Waals surface area contributed by atoms with Crippen LogP contribution in [0, 0.1) is 0 Å². The summed E-state index contributed by atoms with van der Waals surface area (Å²) in [5.74, 6) is -0.817. The second-order valence-electron chi connectivity index (χ2n) is 6.16. The van der Waals surface area contributed by atoms with Crippen LogP contribution in [-0.2, 0) is 9.59 Å². The van der Waals surface area contributed by atoms with E-state index in [2.05, 4.69) is 26.6 Å². The molecule has 2 aromatic carbocycles. The summed E-state index contributed by atoms with van der Waals surface area (Å²) in [5.41, 5.74) is 6.88. The number of nitrogens with one attached hydrogen (secondary N) is 2. The van der Waals surface area contributed by atoms with Gasteiger partial charge in [-0.1, -0.05) is 22.9 Å². The number of carbonyl (C=O) groups is 3. The lowest BCUT2D eigenvalue weighted by molar-refractivity contribution is -0.119. The SMILES string of the molecule is CCN(CCC(=O)Nc1ccc(C(N)=O)cc1)CC(=O)Nc1ccc(Br)cc1. The first kappa shape index (κ1) is 21.6. The number of nitrogens with zero attached hydrogens (tertiary/aromatic N) is 1. The highest BCUT2D eigenvalue weighted by atomic mass is 79.9. The predicted molar refractivity (Wildman–Crippen MR) is 113 cm³/mol. The first-order valence-corrected chi connectivity index (χ1v) is 9.64. The van der Waals surface area contributed by atoms with Crippen molar-refractivity contribution in [1.29, 1.82) is 0 Å². The molecular weight excluding hydrogens is 424 g/mol. The van der Waals surface area contributed by atoms with Crippen LogP contribution in [0.15, 0.2) is 53.0 Å². The highest BCUT2D eigenvalue weighted by molar-refractivity contribution is 9.10. The fraction of sp³-hybridized carbons (Fsp3) is 0.250. The number of hydrogen-bond acceptors (Lipinski definition) is 4. The number of nitrogens with two attached hydrogens (primary N) is 1. The van der Waals surface area contributed by atoms with E-state index >= 15 is 0 Å². The highest BCUT2D eigenvalue weighted by Crippen LogP contribution is 2.14. The van der Waals surface area contributed by atoms with Crippen molar-refractivity contribution in [3.63, 3.8) is 0 Å². The number of benzene rings is 2. The summed E-state index contributed by atoms with van der Waals surface area (Å²) in [4.78, 5) is 37.3. The van der Waals surface area contributed by atoms with Crippen molar-refractivity contribution < 1.29 is 14.4 Å². The van der Waals surface area contributed by atoms with E-state index in [0.717, 1.165) is 10.2 Å². The third kappa shape index (κ3) is 7.13. The van der Waals surface area contributed by atoms with E-state index in [4.69, 9.17) is 5.73 Å². The third-order valence-corrected chi connectivity index (χ3v) is 4.58. The molecule has 0 bridgehead atoms. The van der Waals surface area contributed by atoms with E-state index in [1.165, 1.54) is 0 Å². The van der Waals surface area contributed by atoms with Crippen LogP contribution in [0.2, 0.25) is 0 Å². The van der Waals surface area contributed by atoms with Crippen LogP contribution in [0.1, 0.15) is 23.7 Å². The Morgan fingerprint density at radius 1 is 0.929 bits per heavy atom. The summed E-state index contributed by atoms with van der Waals surface area (Å²) in [6.07, 6.45) is 0.247. The standard InChI is InChI=1S/C20H23BrN4O3/c1-2-25(13-19(27)24-17-9-5-15(21)6-10-17)12-11-18(26)23-16-7-3-14(4-8-16)20(22)28/h3-10H,2,11-13H2,1H3,(H2,22,28)(H,23,26)(H,24,27). The Kier molecular flexibility index (Phi) is 8.16. The number of anilines is 2. The summed E-state index contributed by atoms with van der Waals surface area (Å²) >= 11 is 3.35. The Labute approximate surface area is 172 Å². The van der Waals surface area contributed by atoms with Gasteiger partial charge in [0.2, 0.25) is 17.7 Å². The van der Waals surface area contributed by atoms with Crippen LogP contribution in [0.4, 0.5) is 11.4 Å². The van der Waals surface area contributed by atoms with Gasteiger partial charge in [-0.3, -0.25) is 19.3 Å². The third-order valence-electron chi connectivity index (χ3n) is 4.05. The zero-order valence-electron chi connectivity index (χ0n) is 15.6. The molecular formula is C20H23BrN4O3. The van der Waals surface area contributed by atoms with Gasteiger partial charge < -0.3 is 16.4 Å². The molecule has 0 saturated heterocycles. The molecule has 0 saturated carbocycles. The van der Waals surface area contributed by atoms with Gasteiger partial charge >= 0.3 is 0 Å². The summed E-state index contributed by atoms with van der Waals surface area (Å²) < 4.78 is 0.941. The second-order valence-corrected chi connectivity index (χ2v) is 7.08. The molecule has 2 rings (SSSR count). The largest absolute Gasteiger partial charge is 0.366 e. The van der Waals surface area contributed by atoms with Crippen LogP contribution in [0.25, 0.3) is 0 Å². The van der Waals surface area contributed by atoms with Crippen LogP contribution >= 0.6 is 15.9 Å². The van der Waals surface area contributed by atoms with E-state index in [-0.39, 0.29) is 24.8 Å². The van der Waals surface area contributed by atoms with Crippen molar-refractivity contribution in [2.24, 2.45) is 5.73 Å². The first-order chi connectivity index (χ1) is 13.4. The lowest BCUT2D eigenvalue weighted by Crippen LogP contribution is -2.35. The molecule has 28 heavy (non-hydrogen) atoms. The van der Waals surface area contributed by atoms with Gasteiger partial charge in [-0.25, -0.2) is 0 Å². The Bertz CT molecular complexity index is 822. The minimum atomic E-state index is -0.516. The van der Waals surface area contributed by atoms with E-state index in [0.29, 0.717) is 24.3 Å². The maximum Gasteiger partial charge on any atom is 0.248 e. The van der Waals surface area contributed by atoms with Gasteiger partial charge in [-0.2, -0.15) is 0 Å². The predicted octanol–water partition coefficient (Wildman–Crippen LogP) is 2.84. The molecule has 2 aromatic rings. The number of likely N-dealkylation sites (N-methyl/N-ethyl adjacent to an activating group) is 1. The molecule has 7 nitrogen and oxygen atoms in total. The fourth-order valence-corrected chi connectivity index (χ4v) is 2.75. The molecule has 0 radical (unpaired) electrons. The van der Waals surface area contributed by atoms with E-state index in [1.54, 1.807) is 24.3 Å².